The van der Waals surface area contributed by atoms with Crippen LogP contribution in [0.25, 0.3) is 0 Å². The Hall–Kier alpha value is -1.26. The highest BCUT2D eigenvalue weighted by Gasteiger charge is 2.41. The van der Waals surface area contributed by atoms with Gasteiger partial charge in [0.05, 0.1) is 0 Å². The van der Waals surface area contributed by atoms with Crippen molar-refractivity contribution in [3.05, 3.63) is 28.2 Å². The Labute approximate surface area is 153 Å². The van der Waals surface area contributed by atoms with Crippen LogP contribution in [0.2, 0.25) is 10.0 Å². The summed E-state index contributed by atoms with van der Waals surface area (Å²) in [6, 6.07) is 5.04. The summed E-state index contributed by atoms with van der Waals surface area (Å²) in [5.74, 6) is -0.481. The molecule has 1 N–H and O–H groups in total. The molecule has 1 saturated heterocycles. The number of likely N-dealkylation sites (tertiary alicyclic amines) is 1. The predicted octanol–water partition coefficient (Wildman–Crippen LogP) is 4.75. The topological polar surface area (TPSA) is 49.4 Å². The van der Waals surface area contributed by atoms with Crippen molar-refractivity contribution in [2.45, 2.75) is 52.5 Å². The number of benzene rings is 1. The van der Waals surface area contributed by atoms with E-state index in [1.54, 1.807) is 32.0 Å². The SMILES string of the molecule is CCC1CCCCN1C(=O)C(C)(C)C(=O)Nc1cc(Cl)cc(Cl)c1. The molecule has 1 atom stereocenters. The molecule has 1 unspecified atom stereocenters. The molecule has 24 heavy (non-hydrogen) atoms. The van der Waals surface area contributed by atoms with E-state index in [1.807, 2.05) is 4.90 Å². The highest BCUT2D eigenvalue weighted by atomic mass is 35.5. The van der Waals surface area contributed by atoms with Crippen molar-refractivity contribution >= 4 is 40.7 Å². The summed E-state index contributed by atoms with van der Waals surface area (Å²) < 4.78 is 0. The van der Waals surface area contributed by atoms with Gasteiger partial charge >= 0.3 is 0 Å². The minimum atomic E-state index is -1.15. The largest absolute Gasteiger partial charge is 0.339 e. The molecule has 0 aromatic heterocycles. The van der Waals surface area contributed by atoms with Crippen LogP contribution in [0.4, 0.5) is 5.69 Å². The van der Waals surface area contributed by atoms with Crippen LogP contribution in [0.15, 0.2) is 18.2 Å². The Morgan fingerprint density at radius 1 is 1.21 bits per heavy atom. The fraction of sp³-hybridized carbons (Fsp3) is 0.556. The minimum Gasteiger partial charge on any atom is -0.339 e. The number of nitrogens with zero attached hydrogens (tertiary/aromatic N) is 1. The molecule has 4 nitrogen and oxygen atoms in total. The fourth-order valence-electron chi connectivity index (χ4n) is 3.06. The Bertz CT molecular complexity index is 611. The number of rotatable bonds is 4. The van der Waals surface area contributed by atoms with Crippen LogP contribution >= 0.6 is 23.2 Å². The zero-order valence-corrected chi connectivity index (χ0v) is 15.9. The second-order valence-electron chi connectivity index (χ2n) is 6.79. The van der Waals surface area contributed by atoms with Gasteiger partial charge in [-0.25, -0.2) is 0 Å². The molecule has 1 aliphatic rings. The number of hydrogen-bond donors (Lipinski definition) is 1. The van der Waals surface area contributed by atoms with Crippen molar-refractivity contribution in [2.24, 2.45) is 5.41 Å². The van der Waals surface area contributed by atoms with Crippen LogP contribution in [0.1, 0.15) is 46.5 Å². The highest BCUT2D eigenvalue weighted by Crippen LogP contribution is 2.29. The van der Waals surface area contributed by atoms with Crippen molar-refractivity contribution in [1.82, 2.24) is 4.90 Å². The van der Waals surface area contributed by atoms with Crippen LogP contribution in [0.3, 0.4) is 0 Å². The number of halogens is 2. The number of carbonyl (C=O) groups excluding carboxylic acids is 2. The monoisotopic (exact) mass is 370 g/mol. The lowest BCUT2D eigenvalue weighted by molar-refractivity contribution is -0.149. The van der Waals surface area contributed by atoms with Crippen LogP contribution in [-0.2, 0) is 9.59 Å². The standard InChI is InChI=1S/C18H24Cl2N2O2/c1-4-15-7-5-6-8-22(15)17(24)18(2,3)16(23)21-14-10-12(19)9-13(20)11-14/h9-11,15H,4-8H2,1-3H3,(H,21,23). The third kappa shape index (κ3) is 4.22. The summed E-state index contributed by atoms with van der Waals surface area (Å²) in [6.07, 6.45) is 4.04. The maximum Gasteiger partial charge on any atom is 0.239 e. The van der Waals surface area contributed by atoms with E-state index in [0.29, 0.717) is 15.7 Å². The third-order valence-electron chi connectivity index (χ3n) is 4.58. The lowest BCUT2D eigenvalue weighted by Crippen LogP contribution is -2.52. The predicted molar refractivity (Wildman–Crippen MR) is 98.5 cm³/mol. The van der Waals surface area contributed by atoms with E-state index < -0.39 is 5.41 Å². The maximum atomic E-state index is 13.0. The normalized spacial score (nSPS) is 18.4. The van der Waals surface area contributed by atoms with Gasteiger partial charge in [-0.1, -0.05) is 30.1 Å². The van der Waals surface area contributed by atoms with E-state index in [2.05, 4.69) is 12.2 Å². The molecule has 6 heteroatoms. The summed E-state index contributed by atoms with van der Waals surface area (Å²) in [4.78, 5) is 27.5. The Morgan fingerprint density at radius 3 is 2.42 bits per heavy atom. The first-order valence-corrected chi connectivity index (χ1v) is 9.10. The van der Waals surface area contributed by atoms with E-state index in [-0.39, 0.29) is 17.9 Å². The number of amides is 2. The van der Waals surface area contributed by atoms with Gasteiger partial charge < -0.3 is 10.2 Å². The van der Waals surface area contributed by atoms with Gasteiger partial charge in [0.25, 0.3) is 0 Å². The molecule has 1 heterocycles. The van der Waals surface area contributed by atoms with Crippen LogP contribution in [-0.4, -0.2) is 29.3 Å². The molecular weight excluding hydrogens is 347 g/mol. The lowest BCUT2D eigenvalue weighted by Gasteiger charge is -2.39. The smallest absolute Gasteiger partial charge is 0.239 e. The molecule has 0 radical (unpaired) electrons. The molecule has 2 rings (SSSR count). The highest BCUT2D eigenvalue weighted by molar-refractivity contribution is 6.35. The average Bonchev–Trinajstić information content (AvgIpc) is 2.52. The average molecular weight is 371 g/mol. The Balaban J connectivity index is 2.15. The van der Waals surface area contributed by atoms with E-state index in [0.717, 1.165) is 32.2 Å². The maximum absolute atomic E-state index is 13.0. The van der Waals surface area contributed by atoms with Gasteiger partial charge in [-0.3, -0.25) is 9.59 Å². The van der Waals surface area contributed by atoms with Gasteiger partial charge in [0.15, 0.2) is 0 Å². The quantitative estimate of drug-likeness (QED) is 0.777. The number of piperidine rings is 1. The molecule has 0 spiro atoms. The van der Waals surface area contributed by atoms with Crippen LogP contribution < -0.4 is 5.32 Å². The van der Waals surface area contributed by atoms with Crippen molar-refractivity contribution in [1.29, 1.82) is 0 Å². The van der Waals surface area contributed by atoms with Crippen molar-refractivity contribution in [3.63, 3.8) is 0 Å². The summed E-state index contributed by atoms with van der Waals surface area (Å²) in [5, 5.41) is 3.63. The van der Waals surface area contributed by atoms with Crippen molar-refractivity contribution < 1.29 is 9.59 Å². The second-order valence-corrected chi connectivity index (χ2v) is 7.67. The Kier molecular flexibility index (Phi) is 6.16. The van der Waals surface area contributed by atoms with E-state index in [9.17, 15) is 9.59 Å². The second kappa shape index (κ2) is 7.75. The van der Waals surface area contributed by atoms with Crippen molar-refractivity contribution in [2.75, 3.05) is 11.9 Å². The van der Waals surface area contributed by atoms with Gasteiger partial charge in [0.1, 0.15) is 5.41 Å². The molecule has 132 valence electrons. The summed E-state index contributed by atoms with van der Waals surface area (Å²) >= 11 is 11.9. The Morgan fingerprint density at radius 2 is 1.83 bits per heavy atom. The van der Waals surface area contributed by atoms with E-state index >= 15 is 0 Å². The summed E-state index contributed by atoms with van der Waals surface area (Å²) in [5.41, 5.74) is -0.663. The molecule has 0 saturated carbocycles. The molecule has 1 aromatic rings. The first kappa shape index (κ1) is 19.1. The molecule has 1 aromatic carbocycles. The first-order chi connectivity index (χ1) is 11.3. The summed E-state index contributed by atoms with van der Waals surface area (Å²) in [7, 11) is 0. The lowest BCUT2D eigenvalue weighted by atomic mass is 9.87. The zero-order chi connectivity index (χ0) is 17.9. The summed E-state index contributed by atoms with van der Waals surface area (Å²) in [6.45, 7) is 6.13. The molecule has 1 fully saturated rings. The first-order valence-electron chi connectivity index (χ1n) is 8.34. The van der Waals surface area contributed by atoms with Crippen molar-refractivity contribution in [3.8, 4) is 0 Å². The van der Waals surface area contributed by atoms with Gasteiger partial charge in [0.2, 0.25) is 11.8 Å². The van der Waals surface area contributed by atoms with Crippen LogP contribution in [0.5, 0.6) is 0 Å². The molecular formula is C18H24Cl2N2O2. The molecule has 0 aliphatic carbocycles. The number of anilines is 1. The van der Waals surface area contributed by atoms with Gasteiger partial charge in [-0.15, -0.1) is 0 Å². The fourth-order valence-corrected chi connectivity index (χ4v) is 3.59. The van der Waals surface area contributed by atoms with Gasteiger partial charge in [0, 0.05) is 28.3 Å². The third-order valence-corrected chi connectivity index (χ3v) is 5.02. The van der Waals surface area contributed by atoms with Gasteiger partial charge in [-0.2, -0.15) is 0 Å². The zero-order valence-electron chi connectivity index (χ0n) is 14.4. The molecule has 2 amide bonds. The molecule has 1 aliphatic heterocycles. The number of hydrogen-bond acceptors (Lipinski definition) is 2. The van der Waals surface area contributed by atoms with Gasteiger partial charge in [-0.05, 0) is 57.7 Å². The minimum absolute atomic E-state index is 0.125. The number of nitrogens with one attached hydrogen (secondary N) is 1. The van der Waals surface area contributed by atoms with Crippen LogP contribution in [0, 0.1) is 5.41 Å². The van der Waals surface area contributed by atoms with E-state index in [1.165, 1.54) is 0 Å². The molecule has 0 bridgehead atoms. The van der Waals surface area contributed by atoms with E-state index in [4.69, 9.17) is 23.2 Å². The number of carbonyl (C=O) groups is 2.